The van der Waals surface area contributed by atoms with Gasteiger partial charge in [-0.3, -0.25) is 0 Å². The van der Waals surface area contributed by atoms with E-state index in [9.17, 15) is 10.2 Å². The Morgan fingerprint density at radius 2 is 1.90 bits per heavy atom. The van der Waals surface area contributed by atoms with Gasteiger partial charge in [0, 0.05) is 17.6 Å². The van der Waals surface area contributed by atoms with Crippen molar-refractivity contribution in [3.63, 3.8) is 0 Å². The van der Waals surface area contributed by atoms with Crippen LogP contribution >= 0.6 is 0 Å². The molecule has 1 aromatic carbocycles. The summed E-state index contributed by atoms with van der Waals surface area (Å²) in [4.78, 5) is 0. The first-order valence-corrected chi connectivity index (χ1v) is 7.87. The Balaban J connectivity index is 1.75. The van der Waals surface area contributed by atoms with Gasteiger partial charge < -0.3 is 20.5 Å². The second-order valence-electron chi connectivity index (χ2n) is 6.23. The summed E-state index contributed by atoms with van der Waals surface area (Å²) >= 11 is 0. The van der Waals surface area contributed by atoms with Crippen molar-refractivity contribution in [1.29, 1.82) is 0 Å². The number of aliphatic hydroxyl groups excluding tert-OH is 1. The molecular weight excluding hydrogens is 264 g/mol. The molecule has 21 heavy (non-hydrogen) atoms. The first-order valence-electron chi connectivity index (χ1n) is 7.87. The van der Waals surface area contributed by atoms with E-state index in [4.69, 9.17) is 5.73 Å². The average Bonchev–Trinajstić information content (AvgIpc) is 2.84. The highest BCUT2D eigenvalue weighted by Crippen LogP contribution is 2.29. The Labute approximate surface area is 125 Å². The van der Waals surface area contributed by atoms with Crippen molar-refractivity contribution >= 4 is 10.9 Å². The second kappa shape index (κ2) is 6.08. The molecule has 1 aliphatic rings. The standard InChI is InChI=1S/C17H24N2O2/c18-17(12-6-2-1-3-7-12)16(21)11-19-10-15(20)13-8-4-5-9-14(13)19/h4-5,8-10,12,16-17,20-21H,1-3,6-7,11,18H2. The van der Waals surface area contributed by atoms with Gasteiger partial charge in [0.05, 0.1) is 18.2 Å². The van der Waals surface area contributed by atoms with Gasteiger partial charge in [-0.2, -0.15) is 0 Å². The normalized spacial score (nSPS) is 19.7. The third kappa shape index (κ3) is 2.92. The van der Waals surface area contributed by atoms with Crippen molar-refractivity contribution in [2.75, 3.05) is 0 Å². The maximum atomic E-state index is 10.5. The molecule has 2 unspecified atom stereocenters. The smallest absolute Gasteiger partial charge is 0.141 e. The Hall–Kier alpha value is -1.52. The summed E-state index contributed by atoms with van der Waals surface area (Å²) in [5, 5.41) is 21.2. The lowest BCUT2D eigenvalue weighted by Crippen LogP contribution is -2.44. The fraction of sp³-hybridized carbons (Fsp3) is 0.529. The number of nitrogens with zero attached hydrogens (tertiary/aromatic N) is 1. The van der Waals surface area contributed by atoms with Crippen LogP contribution in [0.25, 0.3) is 10.9 Å². The van der Waals surface area contributed by atoms with Gasteiger partial charge >= 0.3 is 0 Å². The summed E-state index contributed by atoms with van der Waals surface area (Å²) in [6, 6.07) is 7.48. The maximum Gasteiger partial charge on any atom is 0.141 e. The minimum atomic E-state index is -0.580. The van der Waals surface area contributed by atoms with Crippen LogP contribution in [-0.4, -0.2) is 26.9 Å². The number of hydrogen-bond donors (Lipinski definition) is 3. The summed E-state index contributed by atoms with van der Waals surface area (Å²) < 4.78 is 1.90. The number of aliphatic hydroxyl groups is 1. The molecule has 0 saturated heterocycles. The molecule has 4 heteroatoms. The largest absolute Gasteiger partial charge is 0.506 e. The van der Waals surface area contributed by atoms with Crippen LogP contribution in [0.15, 0.2) is 30.5 Å². The quantitative estimate of drug-likeness (QED) is 0.810. The minimum Gasteiger partial charge on any atom is -0.506 e. The minimum absolute atomic E-state index is 0.186. The topological polar surface area (TPSA) is 71.4 Å². The molecule has 1 heterocycles. The molecule has 0 radical (unpaired) electrons. The number of aromatic hydroxyl groups is 1. The summed E-state index contributed by atoms with van der Waals surface area (Å²) in [6.07, 6.45) is 7.07. The van der Waals surface area contributed by atoms with E-state index in [1.165, 1.54) is 19.3 Å². The van der Waals surface area contributed by atoms with E-state index in [1.54, 1.807) is 6.20 Å². The fourth-order valence-corrected chi connectivity index (χ4v) is 3.53. The molecule has 0 spiro atoms. The zero-order chi connectivity index (χ0) is 14.8. The van der Waals surface area contributed by atoms with Crippen LogP contribution in [-0.2, 0) is 6.54 Å². The molecule has 1 saturated carbocycles. The molecule has 0 aliphatic heterocycles. The molecule has 3 rings (SSSR count). The second-order valence-corrected chi connectivity index (χ2v) is 6.23. The molecule has 114 valence electrons. The lowest BCUT2D eigenvalue weighted by Gasteiger charge is -2.31. The summed E-state index contributed by atoms with van der Waals surface area (Å²) in [5.41, 5.74) is 7.20. The van der Waals surface area contributed by atoms with Gasteiger partial charge in [-0.25, -0.2) is 0 Å². The molecule has 2 aromatic rings. The van der Waals surface area contributed by atoms with E-state index in [2.05, 4.69) is 0 Å². The monoisotopic (exact) mass is 288 g/mol. The Morgan fingerprint density at radius 1 is 1.19 bits per heavy atom. The SMILES string of the molecule is NC(C(O)Cn1cc(O)c2ccccc21)C1CCCCC1. The summed E-state index contributed by atoms with van der Waals surface area (Å²) in [5.74, 6) is 0.674. The van der Waals surface area contributed by atoms with E-state index in [0.29, 0.717) is 12.5 Å². The first kappa shape index (κ1) is 14.4. The predicted octanol–water partition coefficient (Wildman–Crippen LogP) is 2.62. The van der Waals surface area contributed by atoms with Crippen molar-refractivity contribution in [3.8, 4) is 5.75 Å². The summed E-state index contributed by atoms with van der Waals surface area (Å²) in [6.45, 7) is 0.429. The predicted molar refractivity (Wildman–Crippen MR) is 84.2 cm³/mol. The van der Waals surface area contributed by atoms with Crippen LogP contribution in [0.4, 0.5) is 0 Å². The number of aromatic nitrogens is 1. The highest BCUT2D eigenvalue weighted by atomic mass is 16.3. The number of fused-ring (bicyclic) bond motifs is 1. The highest BCUT2D eigenvalue weighted by Gasteiger charge is 2.26. The number of rotatable bonds is 4. The van der Waals surface area contributed by atoms with Gasteiger partial charge in [0.1, 0.15) is 5.75 Å². The Morgan fingerprint density at radius 3 is 2.67 bits per heavy atom. The molecule has 1 fully saturated rings. The first-order chi connectivity index (χ1) is 10.2. The summed E-state index contributed by atoms with van der Waals surface area (Å²) in [7, 11) is 0. The zero-order valence-corrected chi connectivity index (χ0v) is 12.3. The maximum absolute atomic E-state index is 10.5. The fourth-order valence-electron chi connectivity index (χ4n) is 3.53. The van der Waals surface area contributed by atoms with E-state index < -0.39 is 6.10 Å². The molecule has 0 amide bonds. The van der Waals surface area contributed by atoms with E-state index in [1.807, 2.05) is 28.8 Å². The van der Waals surface area contributed by atoms with Gasteiger partial charge in [-0.1, -0.05) is 31.4 Å². The van der Waals surface area contributed by atoms with E-state index in [0.717, 1.165) is 23.7 Å². The molecule has 0 bridgehead atoms. The van der Waals surface area contributed by atoms with E-state index >= 15 is 0 Å². The van der Waals surface area contributed by atoms with Gasteiger partial charge in [0.2, 0.25) is 0 Å². The van der Waals surface area contributed by atoms with Gasteiger partial charge in [0.25, 0.3) is 0 Å². The number of hydrogen-bond acceptors (Lipinski definition) is 3. The Kier molecular flexibility index (Phi) is 4.17. The average molecular weight is 288 g/mol. The van der Waals surface area contributed by atoms with Crippen LogP contribution in [0, 0.1) is 5.92 Å². The van der Waals surface area contributed by atoms with Crippen LogP contribution in [0.1, 0.15) is 32.1 Å². The van der Waals surface area contributed by atoms with Crippen molar-refractivity contribution in [2.45, 2.75) is 50.8 Å². The van der Waals surface area contributed by atoms with Crippen LogP contribution in [0.2, 0.25) is 0 Å². The van der Waals surface area contributed by atoms with E-state index in [-0.39, 0.29) is 11.8 Å². The molecule has 4 N–H and O–H groups in total. The highest BCUT2D eigenvalue weighted by molar-refractivity contribution is 5.86. The lowest BCUT2D eigenvalue weighted by molar-refractivity contribution is 0.0895. The van der Waals surface area contributed by atoms with Gasteiger partial charge in [0.15, 0.2) is 0 Å². The van der Waals surface area contributed by atoms with Crippen LogP contribution in [0.3, 0.4) is 0 Å². The number of para-hydroxylation sites is 1. The van der Waals surface area contributed by atoms with Crippen molar-refractivity contribution in [2.24, 2.45) is 11.7 Å². The lowest BCUT2D eigenvalue weighted by atomic mass is 9.82. The molecular formula is C17H24N2O2. The molecule has 4 nitrogen and oxygen atoms in total. The van der Waals surface area contributed by atoms with Gasteiger partial charge in [-0.15, -0.1) is 0 Å². The zero-order valence-electron chi connectivity index (χ0n) is 12.3. The molecule has 2 atom stereocenters. The van der Waals surface area contributed by atoms with Crippen molar-refractivity contribution in [1.82, 2.24) is 4.57 Å². The van der Waals surface area contributed by atoms with Crippen molar-refractivity contribution in [3.05, 3.63) is 30.5 Å². The van der Waals surface area contributed by atoms with Gasteiger partial charge in [-0.05, 0) is 30.9 Å². The van der Waals surface area contributed by atoms with Crippen LogP contribution < -0.4 is 5.73 Å². The number of nitrogens with two attached hydrogens (primary N) is 1. The molecule has 1 aromatic heterocycles. The number of benzene rings is 1. The molecule has 1 aliphatic carbocycles. The van der Waals surface area contributed by atoms with Crippen LogP contribution in [0.5, 0.6) is 5.75 Å². The van der Waals surface area contributed by atoms with Crippen molar-refractivity contribution < 1.29 is 10.2 Å². The third-order valence-electron chi connectivity index (χ3n) is 4.79. The third-order valence-corrected chi connectivity index (χ3v) is 4.79. The Bertz CT molecular complexity index is 602.